The molecule has 368 valence electrons. The predicted molar refractivity (Wildman–Crippen MR) is 323 cm³/mol. The number of rotatable bonds is 2. The summed E-state index contributed by atoms with van der Waals surface area (Å²) >= 11 is 0. The van der Waals surface area contributed by atoms with Crippen LogP contribution in [0.4, 0.5) is 0 Å². The molecule has 0 bridgehead atoms. The Hall–Kier alpha value is -5.98. The highest BCUT2D eigenvalue weighted by Gasteiger charge is 2.31. The summed E-state index contributed by atoms with van der Waals surface area (Å²) in [5.74, 6) is 0. The van der Waals surface area contributed by atoms with Crippen molar-refractivity contribution in [2.45, 2.75) is 171 Å². The van der Waals surface area contributed by atoms with Crippen LogP contribution in [-0.4, -0.2) is 0 Å². The standard InChI is InChI=1S/C70H74.C2H6/c1-65(2,3)43-28-41(29-44(33-43)66(4,5)6)60-56-37-52-53(55-36-48(70(16,17)18)27-40-26-47(69(13,14)15)35-54(52)59(40)55)38-57(56)61(42-30-45(67(7,8)9)34-46(31-42)68(10,11)12)64-58-32-39-22-19-20-23-49(39)50-24-21-25-51(62(50)58)63(60)64;1-2/h19-38H,1-18H3;1-2H3. The Morgan fingerprint density at radius 2 is 0.583 bits per heavy atom. The summed E-state index contributed by atoms with van der Waals surface area (Å²) in [6.07, 6.45) is 0. The smallest absolute Gasteiger partial charge is 0.000719 e. The fourth-order valence-corrected chi connectivity index (χ4v) is 11.8. The number of fused-ring (bicyclic) bond motifs is 9. The van der Waals surface area contributed by atoms with Gasteiger partial charge in [-0.3, -0.25) is 0 Å². The Morgan fingerprint density at radius 3 is 1.00 bits per heavy atom. The second-order valence-electron chi connectivity index (χ2n) is 27.6. The quantitative estimate of drug-likeness (QED) is 0.152. The summed E-state index contributed by atoms with van der Waals surface area (Å²) in [4.78, 5) is 0. The lowest BCUT2D eigenvalue weighted by Crippen LogP contribution is -2.16. The highest BCUT2D eigenvalue weighted by Crippen LogP contribution is 2.55. The van der Waals surface area contributed by atoms with E-state index in [1.54, 1.807) is 0 Å². The van der Waals surface area contributed by atoms with Crippen LogP contribution in [0.5, 0.6) is 0 Å². The molecule has 0 aliphatic rings. The number of benzene rings is 9. The van der Waals surface area contributed by atoms with Crippen LogP contribution < -0.4 is 0 Å². The first-order chi connectivity index (χ1) is 33.5. The van der Waals surface area contributed by atoms with E-state index >= 15 is 0 Å². The molecule has 0 aromatic heterocycles. The van der Waals surface area contributed by atoms with E-state index in [-0.39, 0.29) is 32.5 Å². The average Bonchev–Trinajstić information content (AvgIpc) is 3.78. The number of hydrogen-bond acceptors (Lipinski definition) is 0. The van der Waals surface area contributed by atoms with Crippen LogP contribution in [0.3, 0.4) is 0 Å². The third-order valence-electron chi connectivity index (χ3n) is 16.1. The molecule has 0 atom stereocenters. The first-order valence-electron chi connectivity index (χ1n) is 27.1. The summed E-state index contributed by atoms with van der Waals surface area (Å²) in [5.41, 5.74) is 13.3. The predicted octanol–water partition coefficient (Wildman–Crippen LogP) is 21.9. The minimum absolute atomic E-state index is 0.0189. The SMILES string of the molecule is CC.CC(C)(C)c1cc(-c2c3cc4c(cc3c(-c3cc(C(C)(C)C)cc(C(C)(C)C)c3)c3c5cc6ccccc6c6cccc(c23)c65)c2cc(C(C)(C)C)cc3cc(C(C)(C)C)cc4c32)cc(C(C)(C)C)c1. The van der Waals surface area contributed by atoms with Gasteiger partial charge in [0.2, 0.25) is 0 Å². The van der Waals surface area contributed by atoms with E-state index in [1.165, 1.54) is 142 Å². The zero-order valence-electron chi connectivity index (χ0n) is 47.5. The second-order valence-corrected chi connectivity index (χ2v) is 27.6. The molecule has 0 saturated heterocycles. The molecule has 0 aliphatic heterocycles. The monoisotopic (exact) mass is 945 g/mol. The Balaban J connectivity index is 0.00000295. The average molecular weight is 945 g/mol. The molecule has 0 heteroatoms. The van der Waals surface area contributed by atoms with Crippen molar-refractivity contribution < 1.29 is 0 Å². The molecule has 0 fully saturated rings. The number of hydrogen-bond donors (Lipinski definition) is 0. The third-order valence-corrected chi connectivity index (χ3v) is 16.1. The Kier molecular flexibility index (Phi) is 11.2. The minimum atomic E-state index is -0.0580. The van der Waals surface area contributed by atoms with E-state index in [0.717, 1.165) is 0 Å². The minimum Gasteiger partial charge on any atom is -0.0683 e. The van der Waals surface area contributed by atoms with Gasteiger partial charge in [-0.05, 0) is 205 Å². The fourth-order valence-electron chi connectivity index (χ4n) is 11.8. The Morgan fingerprint density at radius 1 is 0.222 bits per heavy atom. The second kappa shape index (κ2) is 16.3. The van der Waals surface area contributed by atoms with Gasteiger partial charge in [0.15, 0.2) is 0 Å². The molecule has 0 spiro atoms. The van der Waals surface area contributed by atoms with Gasteiger partial charge in [0.1, 0.15) is 0 Å². The van der Waals surface area contributed by atoms with Crippen LogP contribution in [0.15, 0.2) is 121 Å². The lowest BCUT2D eigenvalue weighted by molar-refractivity contribution is 0.568. The summed E-state index contributed by atoms with van der Waals surface area (Å²) in [5, 5.41) is 21.5. The summed E-state index contributed by atoms with van der Waals surface area (Å²) in [6.45, 7) is 46.8. The van der Waals surface area contributed by atoms with Crippen LogP contribution in [0.2, 0.25) is 0 Å². The Labute approximate surface area is 431 Å². The first kappa shape index (κ1) is 49.6. The molecule has 11 aromatic rings. The van der Waals surface area contributed by atoms with Crippen LogP contribution in [0, 0.1) is 0 Å². The fraction of sp³-hybridized carbons (Fsp3) is 0.361. The maximum Gasteiger partial charge on any atom is -0.000719 e. The zero-order chi connectivity index (χ0) is 52.2. The highest BCUT2D eigenvalue weighted by molar-refractivity contribution is 6.43. The van der Waals surface area contributed by atoms with Gasteiger partial charge in [-0.25, -0.2) is 0 Å². The van der Waals surface area contributed by atoms with Gasteiger partial charge in [-0.15, -0.1) is 0 Å². The van der Waals surface area contributed by atoms with Gasteiger partial charge in [0.25, 0.3) is 0 Å². The Bertz CT molecular complexity index is 3880. The summed E-state index contributed by atoms with van der Waals surface area (Å²) < 4.78 is 0. The van der Waals surface area contributed by atoms with Crippen molar-refractivity contribution in [1.29, 1.82) is 0 Å². The van der Waals surface area contributed by atoms with Crippen molar-refractivity contribution in [3.8, 4) is 22.3 Å². The maximum atomic E-state index is 2.65. The van der Waals surface area contributed by atoms with E-state index in [4.69, 9.17) is 0 Å². The van der Waals surface area contributed by atoms with Crippen molar-refractivity contribution in [1.82, 2.24) is 0 Å². The van der Waals surface area contributed by atoms with Gasteiger partial charge in [-0.2, -0.15) is 0 Å². The zero-order valence-corrected chi connectivity index (χ0v) is 47.5. The van der Waals surface area contributed by atoms with Gasteiger partial charge in [-0.1, -0.05) is 229 Å². The molecule has 0 N–H and O–H groups in total. The highest BCUT2D eigenvalue weighted by atomic mass is 14.3. The van der Waals surface area contributed by atoms with E-state index in [1.807, 2.05) is 13.8 Å². The van der Waals surface area contributed by atoms with Gasteiger partial charge in [0, 0.05) is 0 Å². The molecular weight excluding hydrogens is 865 g/mol. The largest absolute Gasteiger partial charge is 0.0683 e. The molecule has 0 amide bonds. The normalized spacial score (nSPS) is 13.6. The van der Waals surface area contributed by atoms with Gasteiger partial charge >= 0.3 is 0 Å². The summed E-state index contributed by atoms with van der Waals surface area (Å²) in [7, 11) is 0. The van der Waals surface area contributed by atoms with E-state index in [2.05, 4.69) is 246 Å². The molecule has 0 aliphatic carbocycles. The van der Waals surface area contributed by atoms with Crippen molar-refractivity contribution in [2.24, 2.45) is 0 Å². The molecule has 0 heterocycles. The molecule has 0 radical (unpaired) electrons. The molecule has 11 rings (SSSR count). The lowest BCUT2D eigenvalue weighted by atomic mass is 9.76. The van der Waals surface area contributed by atoms with Crippen molar-refractivity contribution in [2.75, 3.05) is 0 Å². The van der Waals surface area contributed by atoms with Crippen molar-refractivity contribution >= 4 is 86.2 Å². The van der Waals surface area contributed by atoms with Gasteiger partial charge in [0.05, 0.1) is 0 Å². The van der Waals surface area contributed by atoms with E-state index in [9.17, 15) is 0 Å². The van der Waals surface area contributed by atoms with E-state index in [0.29, 0.717) is 0 Å². The molecule has 11 aromatic carbocycles. The van der Waals surface area contributed by atoms with Crippen LogP contribution in [0.25, 0.3) is 108 Å². The summed E-state index contributed by atoms with van der Waals surface area (Å²) in [6, 6.07) is 49.3. The molecule has 0 saturated carbocycles. The topological polar surface area (TPSA) is 0 Å². The van der Waals surface area contributed by atoms with Crippen LogP contribution in [-0.2, 0) is 32.5 Å². The maximum absolute atomic E-state index is 2.65. The van der Waals surface area contributed by atoms with Crippen LogP contribution >= 0.6 is 0 Å². The van der Waals surface area contributed by atoms with Gasteiger partial charge < -0.3 is 0 Å². The lowest BCUT2D eigenvalue weighted by Gasteiger charge is -2.28. The third kappa shape index (κ3) is 7.93. The molecule has 72 heavy (non-hydrogen) atoms. The molecular formula is C72H80. The van der Waals surface area contributed by atoms with Crippen molar-refractivity contribution in [3.05, 3.63) is 155 Å². The first-order valence-corrected chi connectivity index (χ1v) is 27.1. The molecule has 0 unspecified atom stereocenters. The van der Waals surface area contributed by atoms with E-state index < -0.39 is 0 Å². The molecule has 0 nitrogen and oxygen atoms in total. The van der Waals surface area contributed by atoms with Crippen molar-refractivity contribution in [3.63, 3.8) is 0 Å². The van der Waals surface area contributed by atoms with Crippen LogP contribution in [0.1, 0.15) is 172 Å².